The average molecular weight is 597 g/mol. The molecule has 0 heterocycles. The van der Waals surface area contributed by atoms with Crippen LogP contribution in [0.1, 0.15) is 0 Å². The Morgan fingerprint density at radius 2 is 1.22 bits per heavy atom. The van der Waals surface area contributed by atoms with Gasteiger partial charge in [0.15, 0.2) is 0 Å². The van der Waals surface area contributed by atoms with Crippen LogP contribution in [-0.4, -0.2) is 49.0 Å². The Bertz CT molecular complexity index is 1440. The number of rotatable bonds is 7. The van der Waals surface area contributed by atoms with Gasteiger partial charge in [-0.15, -0.1) is 0 Å². The monoisotopic (exact) mass is 596 g/mol. The second-order valence-electron chi connectivity index (χ2n) is 5.69. The SMILES string of the molecule is CS(=O)(=O)Nc1cc(S(=O)(=O)Nc2cc(S(=O)(=O)[O-])ccc2S(=O)(=O)[O-])ccc1Cl.[K+].[K+]. The van der Waals surface area contributed by atoms with Crippen LogP contribution < -0.4 is 112 Å². The molecule has 19 heteroatoms. The number of benzene rings is 2. The van der Waals surface area contributed by atoms with Crippen LogP contribution in [-0.2, 0) is 40.3 Å². The van der Waals surface area contributed by atoms with Gasteiger partial charge in [-0.3, -0.25) is 9.44 Å². The summed E-state index contributed by atoms with van der Waals surface area (Å²) in [5.41, 5.74) is -1.32. The molecule has 166 valence electrons. The van der Waals surface area contributed by atoms with E-state index in [4.69, 9.17) is 11.6 Å². The van der Waals surface area contributed by atoms with Crippen molar-refractivity contribution < 1.29 is 146 Å². The zero-order valence-electron chi connectivity index (χ0n) is 16.6. The van der Waals surface area contributed by atoms with E-state index in [2.05, 4.69) is 0 Å². The van der Waals surface area contributed by atoms with Crippen molar-refractivity contribution in [3.05, 3.63) is 41.4 Å². The number of anilines is 2. The van der Waals surface area contributed by atoms with Gasteiger partial charge in [0.25, 0.3) is 10.0 Å². The Morgan fingerprint density at radius 1 is 0.719 bits per heavy atom. The van der Waals surface area contributed by atoms with Gasteiger partial charge >= 0.3 is 103 Å². The van der Waals surface area contributed by atoms with Gasteiger partial charge in [0.05, 0.1) is 37.3 Å². The quantitative estimate of drug-likeness (QED) is 0.229. The molecule has 0 fully saturated rings. The summed E-state index contributed by atoms with van der Waals surface area (Å²) in [7, 11) is -18.9. The van der Waals surface area contributed by atoms with Crippen molar-refractivity contribution in [3.8, 4) is 0 Å². The topological polar surface area (TPSA) is 207 Å². The van der Waals surface area contributed by atoms with Crippen LogP contribution in [0.2, 0.25) is 5.02 Å². The first-order valence-electron chi connectivity index (χ1n) is 7.26. The van der Waals surface area contributed by atoms with Crippen LogP contribution in [0.3, 0.4) is 0 Å². The minimum Gasteiger partial charge on any atom is -0.744 e. The van der Waals surface area contributed by atoms with Gasteiger partial charge in [-0.25, -0.2) is 33.7 Å². The zero-order chi connectivity index (χ0) is 23.1. The summed E-state index contributed by atoms with van der Waals surface area (Å²) in [6, 6.07) is 4.11. The van der Waals surface area contributed by atoms with Crippen molar-refractivity contribution in [2.45, 2.75) is 14.7 Å². The van der Waals surface area contributed by atoms with Gasteiger partial charge in [0.2, 0.25) is 10.0 Å². The van der Waals surface area contributed by atoms with E-state index in [9.17, 15) is 42.8 Å². The van der Waals surface area contributed by atoms with E-state index in [1.54, 1.807) is 4.72 Å². The molecule has 0 bridgehead atoms. The zero-order valence-corrected chi connectivity index (χ0v) is 26.8. The van der Waals surface area contributed by atoms with E-state index in [0.29, 0.717) is 18.2 Å². The van der Waals surface area contributed by atoms with E-state index in [1.165, 1.54) is 0 Å². The van der Waals surface area contributed by atoms with E-state index in [1.807, 2.05) is 4.72 Å². The maximum Gasteiger partial charge on any atom is 1.00 e. The summed E-state index contributed by atoms with van der Waals surface area (Å²) in [6.07, 6.45) is 0.781. The fourth-order valence-corrected chi connectivity index (χ4v) is 5.18. The van der Waals surface area contributed by atoms with Crippen molar-refractivity contribution >= 4 is 63.3 Å². The predicted octanol–water partition coefficient (Wildman–Crippen LogP) is -5.67. The molecule has 0 spiro atoms. The second kappa shape index (κ2) is 12.0. The molecule has 0 radical (unpaired) electrons. The normalized spacial score (nSPS) is 12.2. The molecule has 2 aromatic rings. The first-order chi connectivity index (χ1) is 13.4. The molecule has 0 saturated heterocycles. The molecule has 0 amide bonds. The second-order valence-corrected chi connectivity index (χ2v) is 12.3. The molecule has 0 unspecified atom stereocenters. The first-order valence-corrected chi connectivity index (χ1v) is 13.8. The Labute approximate surface area is 275 Å². The van der Waals surface area contributed by atoms with E-state index >= 15 is 0 Å². The third-order valence-electron chi connectivity index (χ3n) is 3.30. The van der Waals surface area contributed by atoms with Gasteiger partial charge in [-0.1, -0.05) is 11.6 Å². The molecule has 2 rings (SSSR count). The molecule has 2 aromatic carbocycles. The molecule has 0 atom stereocenters. The molecular weight excluding hydrogens is 586 g/mol. The minimum absolute atomic E-state index is 0. The summed E-state index contributed by atoms with van der Waals surface area (Å²) < 4.78 is 119. The van der Waals surface area contributed by atoms with Crippen molar-refractivity contribution in [2.24, 2.45) is 0 Å². The molecule has 0 aliphatic carbocycles. The maximum absolute atomic E-state index is 12.6. The number of halogens is 1. The maximum atomic E-state index is 12.6. The Hall–Kier alpha value is 1.32. The molecule has 12 nitrogen and oxygen atoms in total. The van der Waals surface area contributed by atoms with Gasteiger partial charge < -0.3 is 9.11 Å². The van der Waals surface area contributed by atoms with E-state index < -0.39 is 60.7 Å². The number of sulfonamides is 2. The van der Waals surface area contributed by atoms with Crippen LogP contribution in [0.25, 0.3) is 0 Å². The molecule has 0 aliphatic heterocycles. The van der Waals surface area contributed by atoms with Gasteiger partial charge in [-0.2, -0.15) is 0 Å². The third kappa shape index (κ3) is 9.41. The minimum atomic E-state index is -5.28. The Balaban J connectivity index is 0.00000480. The van der Waals surface area contributed by atoms with Gasteiger partial charge in [0, 0.05) is 0 Å². The number of hydrogen-bond donors (Lipinski definition) is 2. The first kappa shape index (κ1) is 33.3. The summed E-state index contributed by atoms with van der Waals surface area (Å²) >= 11 is 5.80. The summed E-state index contributed by atoms with van der Waals surface area (Å²) in [5.74, 6) is 0. The molecule has 0 saturated carbocycles. The van der Waals surface area contributed by atoms with Crippen molar-refractivity contribution in [1.82, 2.24) is 0 Å². The van der Waals surface area contributed by atoms with Crippen LogP contribution >= 0.6 is 11.6 Å². The number of hydrogen-bond acceptors (Lipinski definition) is 10. The molecular formula is C13H11ClK2N2O10S4. The van der Waals surface area contributed by atoms with Crippen molar-refractivity contribution in [3.63, 3.8) is 0 Å². The van der Waals surface area contributed by atoms with Crippen molar-refractivity contribution in [1.29, 1.82) is 0 Å². The smallest absolute Gasteiger partial charge is 0.744 e. The van der Waals surface area contributed by atoms with E-state index in [0.717, 1.165) is 24.5 Å². The van der Waals surface area contributed by atoms with Gasteiger partial charge in [0.1, 0.15) is 20.2 Å². The third-order valence-corrected chi connectivity index (χ3v) is 7.31. The van der Waals surface area contributed by atoms with Crippen LogP contribution in [0.15, 0.2) is 51.1 Å². The van der Waals surface area contributed by atoms with Crippen LogP contribution in [0.5, 0.6) is 0 Å². The average Bonchev–Trinajstić information content (AvgIpc) is 2.53. The predicted molar refractivity (Wildman–Crippen MR) is 103 cm³/mol. The molecule has 0 aliphatic rings. The largest absolute Gasteiger partial charge is 1.00 e. The van der Waals surface area contributed by atoms with Crippen LogP contribution in [0, 0.1) is 0 Å². The van der Waals surface area contributed by atoms with Gasteiger partial charge in [-0.05, 0) is 36.4 Å². The summed E-state index contributed by atoms with van der Waals surface area (Å²) in [5, 5.41) is -0.165. The fraction of sp³-hybridized carbons (Fsp3) is 0.0769. The van der Waals surface area contributed by atoms with Crippen molar-refractivity contribution in [2.75, 3.05) is 15.7 Å². The van der Waals surface area contributed by atoms with Crippen LogP contribution in [0.4, 0.5) is 11.4 Å². The van der Waals surface area contributed by atoms with E-state index in [-0.39, 0.29) is 113 Å². The summed E-state index contributed by atoms with van der Waals surface area (Å²) in [6.45, 7) is 0. The molecule has 2 N–H and O–H groups in total. The molecule has 32 heavy (non-hydrogen) atoms. The number of nitrogens with one attached hydrogen (secondary N) is 2. The molecule has 0 aromatic heterocycles. The summed E-state index contributed by atoms with van der Waals surface area (Å²) in [4.78, 5) is -2.76. The fourth-order valence-electron chi connectivity index (χ4n) is 2.12. The Kier molecular flexibility index (Phi) is 12.5. The Morgan fingerprint density at radius 3 is 1.69 bits per heavy atom. The standard InChI is InChI=1S/C13H13ClN2O10S4.2K/c1-27(17,18)15-11-6-8(2-4-10(11)14)28(19,20)16-12-7-9(29(21,22)23)3-5-13(12)30(24,25)26;;/h2-7,15-16H,1H3,(H,21,22,23)(H,24,25,26);;/q;2*+1/p-2.